The number of likely N-dealkylation sites (tertiary alicyclic amines) is 1. The molecule has 1 aliphatic heterocycles. The van der Waals surface area contributed by atoms with Crippen molar-refractivity contribution in [1.82, 2.24) is 4.90 Å². The molecule has 1 amide bonds. The zero-order valence-electron chi connectivity index (χ0n) is 14.7. The molecule has 0 bridgehead atoms. The average molecular weight is 354 g/mol. The van der Waals surface area contributed by atoms with Crippen LogP contribution in [0.25, 0.3) is 0 Å². The predicted molar refractivity (Wildman–Crippen MR) is 99.3 cm³/mol. The summed E-state index contributed by atoms with van der Waals surface area (Å²) in [7, 11) is 0. The third-order valence-electron chi connectivity index (χ3n) is 4.54. The van der Waals surface area contributed by atoms with E-state index in [1.54, 1.807) is 4.90 Å². The predicted octanol–water partition coefficient (Wildman–Crippen LogP) is 2.76. The van der Waals surface area contributed by atoms with E-state index in [9.17, 15) is 9.90 Å². The summed E-state index contributed by atoms with van der Waals surface area (Å²) in [5.41, 5.74) is 7.43. The van der Waals surface area contributed by atoms with Crippen LogP contribution >= 0.6 is 11.6 Å². The van der Waals surface area contributed by atoms with Gasteiger partial charge in [0.15, 0.2) is 0 Å². The lowest BCUT2D eigenvalue weighted by atomic mass is 10.1. The average Bonchev–Trinajstić information content (AvgIpc) is 2.99. The molecule has 2 rings (SSSR count). The van der Waals surface area contributed by atoms with E-state index < -0.39 is 6.10 Å². The summed E-state index contributed by atoms with van der Waals surface area (Å²) in [5.74, 6) is 0.394. The number of amides is 1. The number of rotatable bonds is 6. The fourth-order valence-electron chi connectivity index (χ4n) is 3.08. The van der Waals surface area contributed by atoms with Crippen molar-refractivity contribution in [2.75, 3.05) is 30.3 Å². The molecule has 0 saturated carbocycles. The highest BCUT2D eigenvalue weighted by molar-refractivity contribution is 6.33. The lowest BCUT2D eigenvalue weighted by Gasteiger charge is -2.32. The van der Waals surface area contributed by atoms with E-state index in [2.05, 4.69) is 18.7 Å². The molecule has 1 aliphatic rings. The first-order valence-electron chi connectivity index (χ1n) is 8.58. The number of aliphatic hydroxyl groups excluding tert-OH is 1. The summed E-state index contributed by atoms with van der Waals surface area (Å²) in [6, 6.07) is 5.94. The van der Waals surface area contributed by atoms with Crippen LogP contribution in [0.2, 0.25) is 5.02 Å². The number of halogens is 1. The summed E-state index contributed by atoms with van der Waals surface area (Å²) in [4.78, 5) is 16.1. The second-order valence-corrected chi connectivity index (χ2v) is 7.39. The highest BCUT2D eigenvalue weighted by atomic mass is 35.5. The molecule has 1 heterocycles. The summed E-state index contributed by atoms with van der Waals surface area (Å²) in [6.45, 7) is 8.13. The number of anilines is 2. The van der Waals surface area contributed by atoms with E-state index in [0.29, 0.717) is 29.7 Å². The van der Waals surface area contributed by atoms with E-state index in [4.69, 9.17) is 17.3 Å². The van der Waals surface area contributed by atoms with Gasteiger partial charge in [0, 0.05) is 31.4 Å². The van der Waals surface area contributed by atoms with E-state index in [0.717, 1.165) is 25.1 Å². The highest BCUT2D eigenvalue weighted by Crippen LogP contribution is 2.29. The maximum atomic E-state index is 12.0. The molecule has 0 radical (unpaired) electrons. The van der Waals surface area contributed by atoms with E-state index >= 15 is 0 Å². The molecule has 6 heteroatoms. The first kappa shape index (κ1) is 18.9. The van der Waals surface area contributed by atoms with Gasteiger partial charge in [0.1, 0.15) is 6.10 Å². The first-order chi connectivity index (χ1) is 11.3. The molecule has 0 aromatic heterocycles. The number of hydrogen-bond acceptors (Lipinski definition) is 4. The number of benzene rings is 1. The van der Waals surface area contributed by atoms with Crippen LogP contribution in [0.15, 0.2) is 18.2 Å². The van der Waals surface area contributed by atoms with Crippen LogP contribution in [0.1, 0.15) is 33.6 Å². The summed E-state index contributed by atoms with van der Waals surface area (Å²) >= 11 is 6.20. The Bertz CT molecular complexity index is 577. The molecule has 3 N–H and O–H groups in total. The molecule has 2 atom stereocenters. The molecular formula is C18H28ClN3O2. The van der Waals surface area contributed by atoms with Gasteiger partial charge in [-0.1, -0.05) is 25.4 Å². The minimum absolute atomic E-state index is 0.198. The molecule has 1 saturated heterocycles. The molecule has 134 valence electrons. The number of nitrogens with two attached hydrogens (primary N) is 1. The van der Waals surface area contributed by atoms with Gasteiger partial charge in [-0.05, 0) is 43.9 Å². The minimum atomic E-state index is -0.946. The third-order valence-corrected chi connectivity index (χ3v) is 4.86. The lowest BCUT2D eigenvalue weighted by molar-refractivity contribution is -0.138. The number of hydrogen-bond donors (Lipinski definition) is 2. The Hall–Kier alpha value is -1.46. The molecule has 1 fully saturated rings. The smallest absolute Gasteiger partial charge is 0.251 e. The Labute approximate surface area is 149 Å². The van der Waals surface area contributed by atoms with E-state index in [1.165, 1.54) is 6.92 Å². The van der Waals surface area contributed by atoms with Crippen LogP contribution < -0.4 is 10.6 Å². The maximum absolute atomic E-state index is 12.0. The van der Waals surface area contributed by atoms with Crippen LogP contribution in [0, 0.1) is 5.92 Å². The van der Waals surface area contributed by atoms with Gasteiger partial charge >= 0.3 is 0 Å². The van der Waals surface area contributed by atoms with Gasteiger partial charge in [-0.2, -0.15) is 0 Å². The van der Waals surface area contributed by atoms with Gasteiger partial charge in [-0.25, -0.2) is 0 Å². The van der Waals surface area contributed by atoms with Crippen molar-refractivity contribution in [1.29, 1.82) is 0 Å². The van der Waals surface area contributed by atoms with Crippen LogP contribution in [0.5, 0.6) is 0 Å². The Morgan fingerprint density at radius 2 is 2.17 bits per heavy atom. The molecule has 0 spiro atoms. The van der Waals surface area contributed by atoms with Gasteiger partial charge in [-0.3, -0.25) is 4.79 Å². The van der Waals surface area contributed by atoms with Gasteiger partial charge in [0.2, 0.25) is 0 Å². The van der Waals surface area contributed by atoms with Crippen molar-refractivity contribution in [2.24, 2.45) is 5.92 Å². The summed E-state index contributed by atoms with van der Waals surface area (Å²) < 4.78 is 0. The zero-order valence-corrected chi connectivity index (χ0v) is 15.5. The zero-order chi connectivity index (χ0) is 17.9. The fourth-order valence-corrected chi connectivity index (χ4v) is 3.25. The number of nitrogen functional groups attached to an aromatic ring is 1. The maximum Gasteiger partial charge on any atom is 0.251 e. The Balaban J connectivity index is 2.17. The van der Waals surface area contributed by atoms with Crippen molar-refractivity contribution in [3.05, 3.63) is 23.2 Å². The number of carbonyl (C=O) groups is 1. The summed E-state index contributed by atoms with van der Waals surface area (Å²) in [5, 5.41) is 10.1. The summed E-state index contributed by atoms with van der Waals surface area (Å²) in [6.07, 6.45) is 1.00. The normalized spacial score (nSPS) is 18.9. The molecule has 1 unspecified atom stereocenters. The topological polar surface area (TPSA) is 69.8 Å². The third kappa shape index (κ3) is 4.54. The second-order valence-electron chi connectivity index (χ2n) is 6.98. The highest BCUT2D eigenvalue weighted by Gasteiger charge is 2.32. The lowest BCUT2D eigenvalue weighted by Crippen LogP contribution is -2.42. The molecule has 1 aromatic rings. The second kappa shape index (κ2) is 8.08. The molecule has 24 heavy (non-hydrogen) atoms. The number of nitrogens with zero attached hydrogens (tertiary/aromatic N) is 2. The SMILES string of the molecule is CC(C)CCN(c1ccc(N)c(Cl)c1)C1CCN(C(=O)[C@H](C)O)C1. The minimum Gasteiger partial charge on any atom is -0.398 e. The fraction of sp³-hybridized carbons (Fsp3) is 0.611. The number of carbonyl (C=O) groups excluding carboxylic acids is 1. The van der Waals surface area contributed by atoms with Gasteiger partial charge in [0.05, 0.1) is 10.7 Å². The van der Waals surface area contributed by atoms with Crippen LogP contribution in [0.4, 0.5) is 11.4 Å². The molecule has 1 aromatic carbocycles. The largest absolute Gasteiger partial charge is 0.398 e. The van der Waals surface area contributed by atoms with Crippen LogP contribution in [0.3, 0.4) is 0 Å². The van der Waals surface area contributed by atoms with Gasteiger partial charge < -0.3 is 20.6 Å². The van der Waals surface area contributed by atoms with Crippen LogP contribution in [-0.2, 0) is 4.79 Å². The Kier molecular flexibility index (Phi) is 6.35. The molecule has 0 aliphatic carbocycles. The van der Waals surface area contributed by atoms with Crippen molar-refractivity contribution < 1.29 is 9.90 Å². The van der Waals surface area contributed by atoms with Crippen molar-refractivity contribution in [2.45, 2.75) is 45.8 Å². The number of aliphatic hydroxyl groups is 1. The Morgan fingerprint density at radius 3 is 2.75 bits per heavy atom. The van der Waals surface area contributed by atoms with Crippen molar-refractivity contribution >= 4 is 28.9 Å². The van der Waals surface area contributed by atoms with E-state index in [1.807, 2.05) is 18.2 Å². The molecular weight excluding hydrogens is 326 g/mol. The van der Waals surface area contributed by atoms with Gasteiger partial charge in [0.25, 0.3) is 5.91 Å². The monoisotopic (exact) mass is 353 g/mol. The van der Waals surface area contributed by atoms with Gasteiger partial charge in [-0.15, -0.1) is 0 Å². The first-order valence-corrected chi connectivity index (χ1v) is 8.96. The van der Waals surface area contributed by atoms with Crippen LogP contribution in [-0.4, -0.2) is 47.7 Å². The standard InChI is InChI=1S/C18H28ClN3O2/c1-12(2)6-9-22(14-4-5-17(20)16(19)10-14)15-7-8-21(11-15)18(24)13(3)23/h4-5,10,12-13,15,23H,6-9,11,20H2,1-3H3/t13-,15?/m0/s1. The quantitative estimate of drug-likeness (QED) is 0.771. The van der Waals surface area contributed by atoms with E-state index in [-0.39, 0.29) is 11.9 Å². The van der Waals surface area contributed by atoms with Crippen molar-refractivity contribution in [3.63, 3.8) is 0 Å². The Morgan fingerprint density at radius 1 is 1.46 bits per heavy atom. The van der Waals surface area contributed by atoms with Crippen molar-refractivity contribution in [3.8, 4) is 0 Å². The molecule has 5 nitrogen and oxygen atoms in total.